The molecule has 6 heteroatoms. The molecular weight excluding hydrogens is 224 g/mol. The number of nitrogens with zero attached hydrogens (tertiary/aromatic N) is 2. The number of carboxylic acid groups (broad SMARTS) is 1. The molecule has 0 bridgehead atoms. The Morgan fingerprint density at radius 3 is 2.88 bits per heavy atom. The quantitative estimate of drug-likeness (QED) is 0.807. The van der Waals surface area contributed by atoms with Crippen LogP contribution in [0.15, 0.2) is 24.7 Å². The van der Waals surface area contributed by atoms with Gasteiger partial charge in [-0.1, -0.05) is 0 Å². The summed E-state index contributed by atoms with van der Waals surface area (Å²) in [7, 11) is 0. The van der Waals surface area contributed by atoms with Gasteiger partial charge in [0.25, 0.3) is 0 Å². The number of carbonyl (C=O) groups is 2. The normalized spacial score (nSPS) is 10.4. The average Bonchev–Trinajstić information content (AvgIpc) is 2.71. The Kier molecular flexibility index (Phi) is 2.78. The molecule has 0 aromatic carbocycles. The lowest BCUT2D eigenvalue weighted by atomic mass is 10.2. The Bertz CT molecular complexity index is 588. The number of pyridine rings is 1. The zero-order valence-corrected chi connectivity index (χ0v) is 9.08. The lowest BCUT2D eigenvalue weighted by Gasteiger charge is -2.00. The summed E-state index contributed by atoms with van der Waals surface area (Å²) in [6.07, 6.45) is 2.78. The lowest BCUT2D eigenvalue weighted by Crippen LogP contribution is -2.06. The van der Waals surface area contributed by atoms with E-state index in [9.17, 15) is 9.59 Å². The second kappa shape index (κ2) is 4.25. The average molecular weight is 234 g/mol. The van der Waals surface area contributed by atoms with Crippen LogP contribution >= 0.6 is 0 Å². The first kappa shape index (κ1) is 11.1. The second-order valence-corrected chi connectivity index (χ2v) is 3.33. The summed E-state index contributed by atoms with van der Waals surface area (Å²) in [6.45, 7) is 1.98. The van der Waals surface area contributed by atoms with Gasteiger partial charge in [0.2, 0.25) is 0 Å². The maximum Gasteiger partial charge on any atom is 0.359 e. The van der Waals surface area contributed by atoms with Crippen molar-refractivity contribution < 1.29 is 19.4 Å². The first-order valence-corrected chi connectivity index (χ1v) is 5.00. The number of hydrogen-bond acceptors (Lipinski definition) is 4. The van der Waals surface area contributed by atoms with Gasteiger partial charge >= 0.3 is 11.9 Å². The van der Waals surface area contributed by atoms with Crippen molar-refractivity contribution in [2.45, 2.75) is 6.92 Å². The summed E-state index contributed by atoms with van der Waals surface area (Å²) < 4.78 is 6.32. The highest BCUT2D eigenvalue weighted by molar-refractivity contribution is 5.95. The first-order valence-electron chi connectivity index (χ1n) is 5.00. The predicted molar refractivity (Wildman–Crippen MR) is 58.1 cm³/mol. The third-order valence-electron chi connectivity index (χ3n) is 2.25. The zero-order chi connectivity index (χ0) is 12.4. The summed E-state index contributed by atoms with van der Waals surface area (Å²) in [5, 5.41) is 8.82. The molecule has 0 saturated carbocycles. The molecule has 1 N–H and O–H groups in total. The van der Waals surface area contributed by atoms with Gasteiger partial charge < -0.3 is 14.2 Å². The topological polar surface area (TPSA) is 80.9 Å². The highest BCUT2D eigenvalue weighted by Crippen LogP contribution is 2.12. The molecule has 2 rings (SSSR count). The zero-order valence-electron chi connectivity index (χ0n) is 9.08. The summed E-state index contributed by atoms with van der Waals surface area (Å²) in [5.74, 6) is -1.55. The van der Waals surface area contributed by atoms with E-state index in [2.05, 4.69) is 4.98 Å². The molecule has 0 fully saturated rings. The van der Waals surface area contributed by atoms with Crippen LogP contribution in [0.2, 0.25) is 0 Å². The molecule has 2 aromatic rings. The van der Waals surface area contributed by atoms with Crippen molar-refractivity contribution in [3.63, 3.8) is 0 Å². The Labute approximate surface area is 96.5 Å². The fraction of sp³-hybridized carbons (Fsp3) is 0.182. The van der Waals surface area contributed by atoms with E-state index < -0.39 is 11.9 Å². The summed E-state index contributed by atoms with van der Waals surface area (Å²) in [5.41, 5.74) is 0.836. The molecule has 0 spiro atoms. The van der Waals surface area contributed by atoms with Gasteiger partial charge in [0, 0.05) is 6.20 Å². The van der Waals surface area contributed by atoms with Crippen LogP contribution in [0.3, 0.4) is 0 Å². The minimum atomic E-state index is -1.03. The SMILES string of the molecule is CCOC(=O)c1ncn2cc(C(=O)O)ccc12. The maximum absolute atomic E-state index is 11.5. The number of carbonyl (C=O) groups excluding carboxylic acids is 1. The van der Waals surface area contributed by atoms with Crippen molar-refractivity contribution >= 4 is 17.5 Å². The molecule has 2 aromatic heterocycles. The fourth-order valence-corrected chi connectivity index (χ4v) is 1.48. The van der Waals surface area contributed by atoms with E-state index in [1.807, 2.05) is 0 Å². The first-order chi connectivity index (χ1) is 8.13. The van der Waals surface area contributed by atoms with E-state index in [4.69, 9.17) is 9.84 Å². The fourth-order valence-electron chi connectivity index (χ4n) is 1.48. The number of esters is 1. The van der Waals surface area contributed by atoms with Crippen molar-refractivity contribution in [3.8, 4) is 0 Å². The number of ether oxygens (including phenoxy) is 1. The van der Waals surface area contributed by atoms with Crippen molar-refractivity contribution in [1.82, 2.24) is 9.38 Å². The van der Waals surface area contributed by atoms with Crippen LogP contribution in [0.5, 0.6) is 0 Å². The van der Waals surface area contributed by atoms with E-state index in [1.165, 1.54) is 29.1 Å². The number of rotatable bonds is 3. The van der Waals surface area contributed by atoms with Gasteiger partial charge in [-0.3, -0.25) is 0 Å². The highest BCUT2D eigenvalue weighted by atomic mass is 16.5. The van der Waals surface area contributed by atoms with E-state index >= 15 is 0 Å². The molecule has 2 heterocycles. The molecule has 0 radical (unpaired) electrons. The van der Waals surface area contributed by atoms with Crippen LogP contribution in [-0.4, -0.2) is 33.0 Å². The molecule has 0 amide bonds. The van der Waals surface area contributed by atoms with Gasteiger partial charge in [0.1, 0.15) is 6.33 Å². The van der Waals surface area contributed by atoms with Crippen LogP contribution in [0.25, 0.3) is 5.52 Å². The molecular formula is C11H10N2O4. The molecule has 0 atom stereocenters. The number of hydrogen-bond donors (Lipinski definition) is 1. The van der Waals surface area contributed by atoms with Crippen LogP contribution in [0, 0.1) is 0 Å². The minimum Gasteiger partial charge on any atom is -0.478 e. The van der Waals surface area contributed by atoms with Crippen LogP contribution in [-0.2, 0) is 4.74 Å². The lowest BCUT2D eigenvalue weighted by molar-refractivity contribution is 0.0522. The van der Waals surface area contributed by atoms with Gasteiger partial charge in [-0.25, -0.2) is 14.6 Å². The molecule has 17 heavy (non-hydrogen) atoms. The largest absolute Gasteiger partial charge is 0.478 e. The maximum atomic E-state index is 11.5. The monoisotopic (exact) mass is 234 g/mol. The smallest absolute Gasteiger partial charge is 0.359 e. The van der Waals surface area contributed by atoms with Gasteiger partial charge in [-0.05, 0) is 19.1 Å². The number of aromatic carboxylic acids is 1. The Morgan fingerprint density at radius 2 is 2.24 bits per heavy atom. The molecule has 0 aliphatic rings. The van der Waals surface area contributed by atoms with Crippen molar-refractivity contribution in [3.05, 3.63) is 35.9 Å². The molecule has 0 aliphatic heterocycles. The summed E-state index contributed by atoms with van der Waals surface area (Å²) >= 11 is 0. The van der Waals surface area contributed by atoms with Crippen molar-refractivity contribution in [1.29, 1.82) is 0 Å². The Hall–Kier alpha value is -2.37. The van der Waals surface area contributed by atoms with Crippen LogP contribution < -0.4 is 0 Å². The molecule has 6 nitrogen and oxygen atoms in total. The predicted octanol–water partition coefficient (Wildman–Crippen LogP) is 1.21. The molecule has 0 saturated heterocycles. The van der Waals surface area contributed by atoms with E-state index in [1.54, 1.807) is 6.92 Å². The minimum absolute atomic E-state index is 0.130. The van der Waals surface area contributed by atoms with E-state index in [0.29, 0.717) is 5.52 Å². The van der Waals surface area contributed by atoms with Crippen LogP contribution in [0.4, 0.5) is 0 Å². The number of imidazole rings is 1. The second-order valence-electron chi connectivity index (χ2n) is 3.33. The summed E-state index contributed by atoms with van der Waals surface area (Å²) in [4.78, 5) is 26.2. The molecule has 0 aliphatic carbocycles. The van der Waals surface area contributed by atoms with Gasteiger partial charge in [0.15, 0.2) is 5.69 Å². The highest BCUT2D eigenvalue weighted by Gasteiger charge is 2.15. The van der Waals surface area contributed by atoms with E-state index in [0.717, 1.165) is 0 Å². The van der Waals surface area contributed by atoms with Crippen molar-refractivity contribution in [2.75, 3.05) is 6.61 Å². The number of carboxylic acids is 1. The third kappa shape index (κ3) is 1.96. The Morgan fingerprint density at radius 1 is 1.47 bits per heavy atom. The van der Waals surface area contributed by atoms with E-state index in [-0.39, 0.29) is 17.9 Å². The summed E-state index contributed by atoms with van der Waals surface area (Å²) in [6, 6.07) is 2.95. The Balaban J connectivity index is 2.48. The van der Waals surface area contributed by atoms with Gasteiger partial charge in [0.05, 0.1) is 17.7 Å². The van der Waals surface area contributed by atoms with Crippen LogP contribution in [0.1, 0.15) is 27.8 Å². The third-order valence-corrected chi connectivity index (χ3v) is 2.25. The number of fused-ring (bicyclic) bond motifs is 1. The van der Waals surface area contributed by atoms with Crippen molar-refractivity contribution in [2.24, 2.45) is 0 Å². The molecule has 0 unspecified atom stereocenters. The van der Waals surface area contributed by atoms with Gasteiger partial charge in [-0.15, -0.1) is 0 Å². The molecule has 88 valence electrons. The standard InChI is InChI=1S/C11H10N2O4/c1-2-17-11(16)9-8-4-3-7(10(14)15)5-13(8)6-12-9/h3-6H,2H2,1H3,(H,14,15). The van der Waals surface area contributed by atoms with Gasteiger partial charge in [-0.2, -0.15) is 0 Å². The number of aromatic nitrogens is 2.